The number of benzene rings is 1. The Hall–Kier alpha value is -2.41. The predicted molar refractivity (Wildman–Crippen MR) is 87.8 cm³/mol. The van der Waals surface area contributed by atoms with Gasteiger partial charge in [-0.3, -0.25) is 4.79 Å². The van der Waals surface area contributed by atoms with E-state index in [9.17, 15) is 4.79 Å². The zero-order chi connectivity index (χ0) is 17.1. The number of aryl methyl sites for hydroxylation is 1. The fraction of sp³-hybridized carbons (Fsp3) is 0.471. The number of hydrogen-bond donors (Lipinski definition) is 0. The quantitative estimate of drug-likeness (QED) is 0.850. The number of carbonyl (C=O) groups is 1. The summed E-state index contributed by atoms with van der Waals surface area (Å²) >= 11 is 0. The standard InChI is InChI=1S/C17H22N4O3/c1-12-10-20(3)8-9-21(12)17(22)14-4-6-15(7-5-14)23-11-16-18-13(2)24-19-16/h4-7,12H,8-11H2,1-3H3/t12-/m0/s1. The molecule has 0 bridgehead atoms. The molecule has 1 saturated heterocycles. The van der Waals surface area contributed by atoms with Crippen LogP contribution in [-0.4, -0.2) is 58.6 Å². The van der Waals surface area contributed by atoms with Crippen LogP contribution in [0.5, 0.6) is 5.75 Å². The van der Waals surface area contributed by atoms with Gasteiger partial charge in [0.25, 0.3) is 5.91 Å². The van der Waals surface area contributed by atoms with Gasteiger partial charge in [0.15, 0.2) is 6.61 Å². The smallest absolute Gasteiger partial charge is 0.254 e. The minimum atomic E-state index is 0.0657. The molecule has 0 saturated carbocycles. The molecule has 24 heavy (non-hydrogen) atoms. The van der Waals surface area contributed by atoms with E-state index in [-0.39, 0.29) is 18.6 Å². The van der Waals surface area contributed by atoms with Crippen molar-refractivity contribution in [3.8, 4) is 5.75 Å². The third-order valence-corrected chi connectivity index (χ3v) is 4.13. The van der Waals surface area contributed by atoms with E-state index in [1.54, 1.807) is 31.2 Å². The Bertz CT molecular complexity index is 698. The number of nitrogens with zero attached hydrogens (tertiary/aromatic N) is 4. The van der Waals surface area contributed by atoms with Crippen molar-refractivity contribution in [1.29, 1.82) is 0 Å². The van der Waals surface area contributed by atoms with Crippen LogP contribution in [0.4, 0.5) is 0 Å². The molecule has 1 fully saturated rings. The zero-order valence-electron chi connectivity index (χ0n) is 14.2. The van der Waals surface area contributed by atoms with Gasteiger partial charge in [-0.05, 0) is 38.2 Å². The Labute approximate surface area is 141 Å². The molecule has 1 aliphatic heterocycles. The second kappa shape index (κ2) is 7.00. The monoisotopic (exact) mass is 330 g/mol. The van der Waals surface area contributed by atoms with Gasteiger partial charge in [0.1, 0.15) is 5.75 Å². The number of hydrogen-bond acceptors (Lipinski definition) is 6. The van der Waals surface area contributed by atoms with Crippen LogP contribution in [0.3, 0.4) is 0 Å². The van der Waals surface area contributed by atoms with E-state index < -0.39 is 0 Å². The molecule has 128 valence electrons. The van der Waals surface area contributed by atoms with Gasteiger partial charge in [0.05, 0.1) is 0 Å². The van der Waals surface area contributed by atoms with Crippen LogP contribution in [0.1, 0.15) is 29.0 Å². The molecule has 2 aromatic rings. The van der Waals surface area contributed by atoms with Crippen molar-refractivity contribution in [2.45, 2.75) is 26.5 Å². The van der Waals surface area contributed by atoms with Crippen molar-refractivity contribution in [2.24, 2.45) is 0 Å². The first-order valence-electron chi connectivity index (χ1n) is 8.04. The maximum Gasteiger partial charge on any atom is 0.254 e. The molecule has 1 amide bonds. The topological polar surface area (TPSA) is 71.7 Å². The molecule has 0 unspecified atom stereocenters. The zero-order valence-corrected chi connectivity index (χ0v) is 14.2. The number of ether oxygens (including phenoxy) is 1. The number of amides is 1. The molecule has 0 aliphatic carbocycles. The maximum atomic E-state index is 12.6. The summed E-state index contributed by atoms with van der Waals surface area (Å²) < 4.78 is 10.5. The van der Waals surface area contributed by atoms with Gasteiger partial charge in [0.2, 0.25) is 11.7 Å². The second-order valence-corrected chi connectivity index (χ2v) is 6.15. The molecule has 2 heterocycles. The summed E-state index contributed by atoms with van der Waals surface area (Å²) in [5.74, 6) is 1.74. The Kier molecular flexibility index (Phi) is 4.80. The fourth-order valence-electron chi connectivity index (χ4n) is 2.85. The molecular formula is C17H22N4O3. The van der Waals surface area contributed by atoms with Crippen LogP contribution in [0.2, 0.25) is 0 Å². The summed E-state index contributed by atoms with van der Waals surface area (Å²) in [5.41, 5.74) is 0.675. The van der Waals surface area contributed by atoms with E-state index in [0.717, 1.165) is 19.6 Å². The minimum Gasteiger partial charge on any atom is -0.485 e. The van der Waals surface area contributed by atoms with Crippen molar-refractivity contribution in [1.82, 2.24) is 19.9 Å². The highest BCUT2D eigenvalue weighted by Gasteiger charge is 2.26. The third-order valence-electron chi connectivity index (χ3n) is 4.13. The van der Waals surface area contributed by atoms with Crippen molar-refractivity contribution < 1.29 is 14.1 Å². The SMILES string of the molecule is Cc1nc(COc2ccc(C(=O)N3CCN(C)C[C@@H]3C)cc2)no1. The molecule has 0 radical (unpaired) electrons. The second-order valence-electron chi connectivity index (χ2n) is 6.15. The lowest BCUT2D eigenvalue weighted by Gasteiger charge is -2.38. The van der Waals surface area contributed by atoms with Crippen LogP contribution in [-0.2, 0) is 6.61 Å². The van der Waals surface area contributed by atoms with Crippen molar-refractivity contribution in [3.63, 3.8) is 0 Å². The molecule has 1 atom stereocenters. The van der Waals surface area contributed by atoms with Crippen LogP contribution in [0, 0.1) is 6.92 Å². The van der Waals surface area contributed by atoms with Crippen molar-refractivity contribution in [2.75, 3.05) is 26.7 Å². The molecule has 0 spiro atoms. The van der Waals surface area contributed by atoms with Gasteiger partial charge in [-0.25, -0.2) is 0 Å². The summed E-state index contributed by atoms with van der Waals surface area (Å²) in [6.45, 7) is 6.61. The lowest BCUT2D eigenvalue weighted by Crippen LogP contribution is -2.52. The molecule has 3 rings (SSSR count). The van der Waals surface area contributed by atoms with E-state index in [4.69, 9.17) is 9.26 Å². The first kappa shape index (κ1) is 16.4. The average molecular weight is 330 g/mol. The van der Waals surface area contributed by atoms with Crippen LogP contribution in [0.25, 0.3) is 0 Å². The Morgan fingerprint density at radius 1 is 1.33 bits per heavy atom. The van der Waals surface area contributed by atoms with Crippen LogP contribution >= 0.6 is 0 Å². The highest BCUT2D eigenvalue weighted by molar-refractivity contribution is 5.94. The van der Waals surface area contributed by atoms with E-state index in [2.05, 4.69) is 29.0 Å². The largest absolute Gasteiger partial charge is 0.485 e. The van der Waals surface area contributed by atoms with Gasteiger partial charge in [-0.2, -0.15) is 4.98 Å². The van der Waals surface area contributed by atoms with Crippen LogP contribution < -0.4 is 4.74 Å². The Balaban J connectivity index is 1.60. The van der Waals surface area contributed by atoms with E-state index in [1.807, 2.05) is 4.90 Å². The number of carbonyl (C=O) groups excluding carboxylic acids is 1. The molecule has 1 aromatic carbocycles. The van der Waals surface area contributed by atoms with Gasteiger partial charge in [-0.15, -0.1) is 0 Å². The molecular weight excluding hydrogens is 308 g/mol. The minimum absolute atomic E-state index is 0.0657. The number of piperazine rings is 1. The van der Waals surface area contributed by atoms with Gasteiger partial charge in [-0.1, -0.05) is 5.16 Å². The average Bonchev–Trinajstić information content (AvgIpc) is 2.98. The fourth-order valence-corrected chi connectivity index (χ4v) is 2.85. The molecule has 1 aliphatic rings. The van der Waals surface area contributed by atoms with E-state index >= 15 is 0 Å². The Morgan fingerprint density at radius 2 is 2.08 bits per heavy atom. The van der Waals surface area contributed by atoms with Gasteiger partial charge in [0, 0.05) is 38.2 Å². The van der Waals surface area contributed by atoms with E-state index in [0.29, 0.717) is 23.0 Å². The van der Waals surface area contributed by atoms with Crippen molar-refractivity contribution in [3.05, 3.63) is 41.5 Å². The number of rotatable bonds is 4. The highest BCUT2D eigenvalue weighted by Crippen LogP contribution is 2.17. The Morgan fingerprint density at radius 3 is 2.71 bits per heavy atom. The number of aromatic nitrogens is 2. The van der Waals surface area contributed by atoms with Crippen molar-refractivity contribution >= 4 is 5.91 Å². The lowest BCUT2D eigenvalue weighted by molar-refractivity contribution is 0.0533. The molecule has 1 aromatic heterocycles. The summed E-state index contributed by atoms with van der Waals surface area (Å²) in [4.78, 5) is 20.9. The molecule has 7 heteroatoms. The normalized spacial score (nSPS) is 18.6. The highest BCUT2D eigenvalue weighted by atomic mass is 16.5. The lowest BCUT2D eigenvalue weighted by atomic mass is 10.1. The predicted octanol–water partition coefficient (Wildman–Crippen LogP) is 1.73. The van der Waals surface area contributed by atoms with E-state index in [1.165, 1.54) is 0 Å². The summed E-state index contributed by atoms with van der Waals surface area (Å²) in [7, 11) is 2.08. The first-order valence-corrected chi connectivity index (χ1v) is 8.04. The number of likely N-dealkylation sites (N-methyl/N-ethyl adjacent to an activating group) is 1. The van der Waals surface area contributed by atoms with Gasteiger partial charge < -0.3 is 19.1 Å². The summed E-state index contributed by atoms with van der Waals surface area (Å²) in [6.07, 6.45) is 0. The molecule has 0 N–H and O–H groups in total. The summed E-state index contributed by atoms with van der Waals surface area (Å²) in [5, 5.41) is 3.78. The van der Waals surface area contributed by atoms with Gasteiger partial charge >= 0.3 is 0 Å². The third kappa shape index (κ3) is 3.73. The first-order chi connectivity index (χ1) is 11.5. The van der Waals surface area contributed by atoms with Crippen LogP contribution in [0.15, 0.2) is 28.8 Å². The molecule has 7 nitrogen and oxygen atoms in total. The maximum absolute atomic E-state index is 12.6. The summed E-state index contributed by atoms with van der Waals surface area (Å²) in [6, 6.07) is 7.39.